The predicted molar refractivity (Wildman–Crippen MR) is 101 cm³/mol. The summed E-state index contributed by atoms with van der Waals surface area (Å²) in [4.78, 5) is 0. The summed E-state index contributed by atoms with van der Waals surface area (Å²) in [5, 5.41) is 16.7. The molecule has 6 nitrogen and oxygen atoms in total. The van der Waals surface area contributed by atoms with E-state index >= 15 is 0 Å². The number of H-pyrrole nitrogens is 1. The number of hydrogen-bond donors (Lipinski definition) is 2. The molecule has 3 N–H and O–H groups in total. The largest absolute Gasteiger partial charge is 0.494 e. The molecule has 0 amide bonds. The molecule has 2 heterocycles. The van der Waals surface area contributed by atoms with Crippen molar-refractivity contribution < 1.29 is 18.3 Å². The molecule has 0 unspecified atom stereocenters. The molecule has 8 heteroatoms. The van der Waals surface area contributed by atoms with Gasteiger partial charge in [-0.1, -0.05) is 6.07 Å². The quantitative estimate of drug-likeness (QED) is 0.698. The molecular weight excluding hydrogens is 378 g/mol. The Hall–Kier alpha value is -3.86. The van der Waals surface area contributed by atoms with Gasteiger partial charge in [0.15, 0.2) is 0 Å². The number of benzene rings is 2. The van der Waals surface area contributed by atoms with Gasteiger partial charge in [0, 0.05) is 17.2 Å². The van der Waals surface area contributed by atoms with E-state index in [4.69, 9.17) is 15.2 Å². The van der Waals surface area contributed by atoms with Crippen LogP contribution in [-0.4, -0.2) is 16.8 Å². The Bertz CT molecular complexity index is 1150. The van der Waals surface area contributed by atoms with Gasteiger partial charge in [-0.15, -0.1) is 5.10 Å². The zero-order chi connectivity index (χ0) is 20.5. The Labute approximate surface area is 165 Å². The van der Waals surface area contributed by atoms with Crippen molar-refractivity contribution in [1.82, 2.24) is 10.2 Å². The number of hydrogen-bond acceptors (Lipinski definition) is 5. The van der Waals surface area contributed by atoms with Crippen LogP contribution in [0.5, 0.6) is 11.6 Å². The summed E-state index contributed by atoms with van der Waals surface area (Å²) in [6.07, 6.45) is 0. The number of nitrogens with one attached hydrogen (secondary N) is 1. The number of nitrogens with two attached hydrogens (primary N) is 1. The summed E-state index contributed by atoms with van der Waals surface area (Å²) in [6, 6.07) is 12.4. The van der Waals surface area contributed by atoms with Crippen molar-refractivity contribution in [3.63, 3.8) is 0 Å². The number of aromatic amines is 1. The van der Waals surface area contributed by atoms with Gasteiger partial charge in [0.2, 0.25) is 11.8 Å². The molecule has 29 heavy (non-hydrogen) atoms. The lowest BCUT2D eigenvalue weighted by atomic mass is 9.82. The van der Waals surface area contributed by atoms with Crippen molar-refractivity contribution in [2.75, 3.05) is 6.61 Å². The van der Waals surface area contributed by atoms with Crippen molar-refractivity contribution in [2.45, 2.75) is 12.8 Å². The molecule has 3 aromatic rings. The summed E-state index contributed by atoms with van der Waals surface area (Å²) < 4.78 is 39.0. The van der Waals surface area contributed by atoms with E-state index < -0.39 is 17.6 Å². The fourth-order valence-electron chi connectivity index (χ4n) is 3.40. The Morgan fingerprint density at radius 1 is 1.24 bits per heavy atom. The lowest BCUT2D eigenvalue weighted by Crippen LogP contribution is -2.21. The van der Waals surface area contributed by atoms with Crippen LogP contribution in [0.3, 0.4) is 0 Å². The first kappa shape index (κ1) is 18.5. The van der Waals surface area contributed by atoms with Gasteiger partial charge in [-0.3, -0.25) is 5.10 Å². The molecule has 0 bridgehead atoms. The smallest absolute Gasteiger partial charge is 0.244 e. The van der Waals surface area contributed by atoms with Crippen LogP contribution in [0.2, 0.25) is 0 Å². The van der Waals surface area contributed by atoms with E-state index in [1.54, 1.807) is 12.1 Å². The fraction of sp³-hybridized carbons (Fsp3) is 0.143. The van der Waals surface area contributed by atoms with Gasteiger partial charge >= 0.3 is 0 Å². The minimum atomic E-state index is -0.898. The molecule has 0 spiro atoms. The molecule has 0 fully saturated rings. The Morgan fingerprint density at radius 2 is 2.00 bits per heavy atom. The minimum Gasteiger partial charge on any atom is -0.494 e. The van der Waals surface area contributed by atoms with Gasteiger partial charge in [0.25, 0.3) is 0 Å². The van der Waals surface area contributed by atoms with Crippen LogP contribution in [0.15, 0.2) is 53.9 Å². The fourth-order valence-corrected chi connectivity index (χ4v) is 3.40. The number of nitrogens with zero attached hydrogens (tertiary/aromatic N) is 2. The van der Waals surface area contributed by atoms with Gasteiger partial charge in [-0.25, -0.2) is 8.78 Å². The molecule has 146 valence electrons. The second-order valence-electron chi connectivity index (χ2n) is 6.37. The number of fused-ring (bicyclic) bond motifs is 1. The standard InChI is InChI=1S/C21H16F2N4O2/c1-2-28-13-6-3-11(4-7-13)19-18-17(14-8-5-12(22)9-16(14)23)15(10-24)20(25)29-21(18)27-26-19/h3-9,17H,2,25H2,1H3,(H,26,27)/t17-/m1/s1. The number of rotatable bonds is 4. The molecule has 2 aromatic carbocycles. The molecule has 1 aliphatic rings. The van der Waals surface area contributed by atoms with Gasteiger partial charge < -0.3 is 15.2 Å². The van der Waals surface area contributed by atoms with Crippen molar-refractivity contribution in [3.8, 4) is 29.0 Å². The first-order valence-corrected chi connectivity index (χ1v) is 8.87. The number of halogens is 2. The summed E-state index contributed by atoms with van der Waals surface area (Å²) in [7, 11) is 0. The third-order valence-corrected chi connectivity index (χ3v) is 4.67. The van der Waals surface area contributed by atoms with Crippen LogP contribution in [-0.2, 0) is 0 Å². The molecule has 1 atom stereocenters. The maximum absolute atomic E-state index is 14.6. The van der Waals surface area contributed by atoms with Crippen LogP contribution in [0.4, 0.5) is 8.78 Å². The number of ether oxygens (including phenoxy) is 2. The third kappa shape index (κ3) is 3.17. The molecule has 0 saturated heterocycles. The molecule has 1 aliphatic heterocycles. The first-order chi connectivity index (χ1) is 14.0. The third-order valence-electron chi connectivity index (χ3n) is 4.67. The summed E-state index contributed by atoms with van der Waals surface area (Å²) >= 11 is 0. The van der Waals surface area contributed by atoms with Crippen LogP contribution >= 0.6 is 0 Å². The monoisotopic (exact) mass is 394 g/mol. The Kier molecular flexibility index (Phi) is 4.64. The summed E-state index contributed by atoms with van der Waals surface area (Å²) in [6.45, 7) is 2.42. The number of nitriles is 1. The summed E-state index contributed by atoms with van der Waals surface area (Å²) in [5.74, 6) is -1.73. The molecular formula is C21H16F2N4O2. The van der Waals surface area contributed by atoms with E-state index in [-0.39, 0.29) is 22.9 Å². The van der Waals surface area contributed by atoms with E-state index in [0.29, 0.717) is 23.6 Å². The lowest BCUT2D eigenvalue weighted by molar-refractivity contribution is 0.340. The molecule has 0 aliphatic carbocycles. The number of allylic oxidation sites excluding steroid dienone is 1. The van der Waals surface area contributed by atoms with Crippen LogP contribution in [0.1, 0.15) is 24.0 Å². The van der Waals surface area contributed by atoms with Crippen LogP contribution in [0.25, 0.3) is 11.3 Å². The Balaban J connectivity index is 1.89. The van der Waals surface area contributed by atoms with Gasteiger partial charge in [0.05, 0.1) is 23.8 Å². The van der Waals surface area contributed by atoms with Crippen molar-refractivity contribution in [2.24, 2.45) is 5.73 Å². The average molecular weight is 394 g/mol. The highest BCUT2D eigenvalue weighted by atomic mass is 19.1. The normalized spacial score (nSPS) is 15.4. The maximum Gasteiger partial charge on any atom is 0.244 e. The van der Waals surface area contributed by atoms with Gasteiger partial charge in [0.1, 0.15) is 29.0 Å². The van der Waals surface area contributed by atoms with Gasteiger partial charge in [-0.05, 0) is 37.3 Å². The zero-order valence-electron chi connectivity index (χ0n) is 15.4. The van der Waals surface area contributed by atoms with Crippen molar-refractivity contribution in [3.05, 3.63) is 76.7 Å². The van der Waals surface area contributed by atoms with E-state index in [9.17, 15) is 14.0 Å². The van der Waals surface area contributed by atoms with E-state index in [1.807, 2.05) is 25.1 Å². The first-order valence-electron chi connectivity index (χ1n) is 8.87. The lowest BCUT2D eigenvalue weighted by Gasteiger charge is -2.24. The predicted octanol–water partition coefficient (Wildman–Crippen LogP) is 3.97. The van der Waals surface area contributed by atoms with E-state index in [2.05, 4.69) is 10.2 Å². The second kappa shape index (κ2) is 7.28. The summed E-state index contributed by atoms with van der Waals surface area (Å²) in [5.41, 5.74) is 7.73. The van der Waals surface area contributed by atoms with Crippen molar-refractivity contribution >= 4 is 0 Å². The highest BCUT2D eigenvalue weighted by Gasteiger charge is 2.37. The van der Waals surface area contributed by atoms with Gasteiger partial charge in [-0.2, -0.15) is 5.26 Å². The van der Waals surface area contributed by atoms with Crippen molar-refractivity contribution in [1.29, 1.82) is 5.26 Å². The average Bonchev–Trinajstić information content (AvgIpc) is 3.11. The maximum atomic E-state index is 14.6. The molecule has 1 aromatic heterocycles. The van der Waals surface area contributed by atoms with E-state index in [1.165, 1.54) is 6.07 Å². The van der Waals surface area contributed by atoms with Crippen LogP contribution < -0.4 is 15.2 Å². The Morgan fingerprint density at radius 3 is 2.66 bits per heavy atom. The molecule has 4 rings (SSSR count). The zero-order valence-corrected chi connectivity index (χ0v) is 15.4. The SMILES string of the molecule is CCOc1ccc(-c2[nH]nc3c2[C@H](c2ccc(F)cc2F)C(C#N)=C(N)O3)cc1. The highest BCUT2D eigenvalue weighted by Crippen LogP contribution is 2.46. The molecule has 0 saturated carbocycles. The minimum absolute atomic E-state index is 0.0246. The number of aromatic nitrogens is 2. The topological polar surface area (TPSA) is 97.0 Å². The van der Waals surface area contributed by atoms with Crippen LogP contribution in [0, 0.1) is 23.0 Å². The van der Waals surface area contributed by atoms with E-state index in [0.717, 1.165) is 17.7 Å². The second-order valence-corrected chi connectivity index (χ2v) is 6.37. The highest BCUT2D eigenvalue weighted by molar-refractivity contribution is 5.71. The molecule has 0 radical (unpaired) electrons.